The normalized spacial score (nSPS) is 11.0. The first-order chi connectivity index (χ1) is 12.3. The minimum atomic E-state index is -0.768. The second kappa shape index (κ2) is 8.95. The second-order valence-electron chi connectivity index (χ2n) is 5.80. The van der Waals surface area contributed by atoms with E-state index in [2.05, 4.69) is 4.98 Å². The van der Waals surface area contributed by atoms with E-state index in [1.165, 1.54) is 10.6 Å². The molecular formula is C17H20ClF2N3O3. The second-order valence-corrected chi connectivity index (χ2v) is 6.18. The summed E-state index contributed by atoms with van der Waals surface area (Å²) in [7, 11) is 0. The van der Waals surface area contributed by atoms with E-state index in [1.807, 2.05) is 0 Å². The number of aromatic nitrogens is 2. The number of ether oxygens (including phenoxy) is 2. The molecule has 26 heavy (non-hydrogen) atoms. The molecule has 0 fully saturated rings. The van der Waals surface area contributed by atoms with Gasteiger partial charge in [-0.25, -0.2) is 8.78 Å². The average Bonchev–Trinajstić information content (AvgIpc) is 2.57. The van der Waals surface area contributed by atoms with Crippen LogP contribution in [0.4, 0.5) is 8.78 Å². The van der Waals surface area contributed by atoms with E-state index >= 15 is 0 Å². The van der Waals surface area contributed by atoms with Crippen LogP contribution in [0.5, 0.6) is 11.9 Å². The monoisotopic (exact) mass is 387 g/mol. The Balaban J connectivity index is 2.31. The van der Waals surface area contributed by atoms with E-state index in [0.717, 1.165) is 12.1 Å². The molecule has 2 rings (SSSR count). The van der Waals surface area contributed by atoms with Crippen molar-refractivity contribution in [1.29, 1.82) is 0 Å². The van der Waals surface area contributed by atoms with Crippen LogP contribution < -0.4 is 20.8 Å². The Morgan fingerprint density at radius 2 is 2.04 bits per heavy atom. The molecular weight excluding hydrogens is 368 g/mol. The fourth-order valence-corrected chi connectivity index (χ4v) is 2.35. The molecule has 6 nitrogen and oxygen atoms in total. The molecule has 0 radical (unpaired) electrons. The zero-order valence-corrected chi connectivity index (χ0v) is 15.2. The van der Waals surface area contributed by atoms with Crippen molar-refractivity contribution in [1.82, 2.24) is 9.55 Å². The maximum absolute atomic E-state index is 13.7. The summed E-state index contributed by atoms with van der Waals surface area (Å²) in [6.07, 6.45) is 0.577. The van der Waals surface area contributed by atoms with Crippen LogP contribution in [-0.4, -0.2) is 22.7 Å². The topological polar surface area (TPSA) is 79.4 Å². The summed E-state index contributed by atoms with van der Waals surface area (Å²) in [5, 5.41) is -0.243. The van der Waals surface area contributed by atoms with Gasteiger partial charge in [0.2, 0.25) is 5.88 Å². The van der Waals surface area contributed by atoms with E-state index in [9.17, 15) is 13.6 Å². The fourth-order valence-electron chi connectivity index (χ4n) is 2.16. The highest BCUT2D eigenvalue weighted by Gasteiger charge is 2.20. The van der Waals surface area contributed by atoms with Crippen LogP contribution in [0.2, 0.25) is 5.02 Å². The predicted molar refractivity (Wildman–Crippen MR) is 93.7 cm³/mol. The predicted octanol–water partition coefficient (Wildman–Crippen LogP) is 3.06. The lowest BCUT2D eigenvalue weighted by Gasteiger charge is -2.17. The van der Waals surface area contributed by atoms with Crippen molar-refractivity contribution in [2.45, 2.75) is 32.9 Å². The molecule has 0 atom stereocenters. The van der Waals surface area contributed by atoms with Crippen molar-refractivity contribution in [2.75, 3.05) is 13.2 Å². The van der Waals surface area contributed by atoms with Gasteiger partial charge in [-0.15, -0.1) is 0 Å². The zero-order chi connectivity index (χ0) is 19.3. The minimum absolute atomic E-state index is 0.0393. The molecule has 1 aromatic heterocycles. The Labute approximate surface area is 154 Å². The number of hydrogen-bond acceptors (Lipinski definition) is 5. The van der Waals surface area contributed by atoms with Gasteiger partial charge in [0.25, 0.3) is 5.56 Å². The number of hydrogen-bond donors (Lipinski definition) is 1. The highest BCUT2D eigenvalue weighted by atomic mass is 35.5. The van der Waals surface area contributed by atoms with Gasteiger partial charge in [-0.2, -0.15) is 4.98 Å². The Hall–Kier alpha value is -2.19. The molecule has 0 aliphatic heterocycles. The van der Waals surface area contributed by atoms with Crippen LogP contribution in [0.1, 0.15) is 31.9 Å². The third-order valence-corrected chi connectivity index (χ3v) is 3.80. The van der Waals surface area contributed by atoms with Gasteiger partial charge in [0.15, 0.2) is 5.02 Å². The molecule has 0 unspecified atom stereocenters. The fraction of sp³-hybridized carbons (Fsp3) is 0.412. The molecule has 1 heterocycles. The molecule has 0 aliphatic rings. The van der Waals surface area contributed by atoms with Crippen LogP contribution in [0.15, 0.2) is 23.0 Å². The maximum atomic E-state index is 13.7. The summed E-state index contributed by atoms with van der Waals surface area (Å²) in [5.74, 6) is -1.64. The molecule has 2 N–H and O–H groups in total. The summed E-state index contributed by atoms with van der Waals surface area (Å²) in [4.78, 5) is 16.6. The van der Waals surface area contributed by atoms with Crippen molar-refractivity contribution >= 4 is 11.6 Å². The molecule has 142 valence electrons. The summed E-state index contributed by atoms with van der Waals surface area (Å²) >= 11 is 6.06. The van der Waals surface area contributed by atoms with Crippen LogP contribution in [0.3, 0.4) is 0 Å². The first-order valence-electron chi connectivity index (χ1n) is 8.06. The van der Waals surface area contributed by atoms with E-state index in [0.29, 0.717) is 13.0 Å². The van der Waals surface area contributed by atoms with Gasteiger partial charge in [-0.05, 0) is 38.9 Å². The SMILES string of the molecule is CC(C)n1c(OCCCN)nc(OCc2ccc(F)cc2F)c(Cl)c1=O. The summed E-state index contributed by atoms with van der Waals surface area (Å²) in [5.41, 5.74) is 5.00. The molecule has 1 aromatic carbocycles. The van der Waals surface area contributed by atoms with Crippen LogP contribution in [-0.2, 0) is 6.61 Å². The van der Waals surface area contributed by atoms with Gasteiger partial charge < -0.3 is 15.2 Å². The first-order valence-corrected chi connectivity index (χ1v) is 8.44. The zero-order valence-electron chi connectivity index (χ0n) is 14.5. The van der Waals surface area contributed by atoms with Crippen molar-refractivity contribution in [3.8, 4) is 11.9 Å². The Morgan fingerprint density at radius 3 is 2.65 bits per heavy atom. The van der Waals surface area contributed by atoms with Gasteiger partial charge in [-0.3, -0.25) is 9.36 Å². The van der Waals surface area contributed by atoms with Crippen molar-refractivity contribution in [2.24, 2.45) is 5.73 Å². The minimum Gasteiger partial charge on any atom is -0.471 e. The van der Waals surface area contributed by atoms with Gasteiger partial charge in [0, 0.05) is 17.7 Å². The highest BCUT2D eigenvalue weighted by molar-refractivity contribution is 6.31. The number of nitrogens with two attached hydrogens (primary N) is 1. The molecule has 2 aromatic rings. The molecule has 0 spiro atoms. The highest BCUT2D eigenvalue weighted by Crippen LogP contribution is 2.25. The summed E-state index contributed by atoms with van der Waals surface area (Å²) in [6.45, 7) is 3.98. The van der Waals surface area contributed by atoms with E-state index < -0.39 is 17.2 Å². The van der Waals surface area contributed by atoms with E-state index in [4.69, 9.17) is 26.8 Å². The third-order valence-electron chi connectivity index (χ3n) is 3.47. The number of nitrogens with zero attached hydrogens (tertiary/aromatic N) is 2. The quantitative estimate of drug-likeness (QED) is 0.704. The van der Waals surface area contributed by atoms with Gasteiger partial charge in [-0.1, -0.05) is 11.6 Å². The Morgan fingerprint density at radius 1 is 1.31 bits per heavy atom. The largest absolute Gasteiger partial charge is 0.471 e. The van der Waals surface area contributed by atoms with Crippen LogP contribution in [0, 0.1) is 11.6 Å². The molecule has 0 amide bonds. The van der Waals surface area contributed by atoms with Crippen molar-refractivity contribution < 1.29 is 18.3 Å². The number of rotatable bonds is 8. The average molecular weight is 388 g/mol. The van der Waals surface area contributed by atoms with Crippen molar-refractivity contribution in [3.63, 3.8) is 0 Å². The lowest BCUT2D eigenvalue weighted by Crippen LogP contribution is -2.26. The van der Waals surface area contributed by atoms with Gasteiger partial charge >= 0.3 is 6.01 Å². The lowest BCUT2D eigenvalue weighted by atomic mass is 10.2. The van der Waals surface area contributed by atoms with Crippen LogP contribution >= 0.6 is 11.6 Å². The smallest absolute Gasteiger partial charge is 0.302 e. The summed E-state index contributed by atoms with van der Waals surface area (Å²) < 4.78 is 38.9. The summed E-state index contributed by atoms with van der Waals surface area (Å²) in [6, 6.07) is 2.88. The lowest BCUT2D eigenvalue weighted by molar-refractivity contribution is 0.242. The van der Waals surface area contributed by atoms with E-state index in [1.54, 1.807) is 13.8 Å². The van der Waals surface area contributed by atoms with Crippen LogP contribution in [0.25, 0.3) is 0 Å². The molecule has 0 bridgehead atoms. The molecule has 0 saturated heterocycles. The molecule has 0 aliphatic carbocycles. The third kappa shape index (κ3) is 4.70. The number of benzene rings is 1. The van der Waals surface area contributed by atoms with Gasteiger partial charge in [0.1, 0.15) is 18.2 Å². The Kier molecular flexibility index (Phi) is 6.93. The maximum Gasteiger partial charge on any atom is 0.302 e. The first kappa shape index (κ1) is 20.1. The standard InChI is InChI=1S/C17H20ClF2N3O3/c1-10(2)23-16(24)14(18)15(22-17(23)25-7-3-6-21)26-9-11-4-5-12(19)8-13(11)20/h4-5,8,10H,3,6-7,9,21H2,1-2H3. The van der Waals surface area contributed by atoms with E-state index in [-0.39, 0.29) is 41.7 Å². The molecule has 9 heteroatoms. The Bertz CT molecular complexity index is 828. The molecule has 0 saturated carbocycles. The van der Waals surface area contributed by atoms with Gasteiger partial charge in [0.05, 0.1) is 6.61 Å². The number of halogens is 3. The van der Waals surface area contributed by atoms with Crippen molar-refractivity contribution in [3.05, 3.63) is 50.8 Å².